The van der Waals surface area contributed by atoms with Gasteiger partial charge in [-0.05, 0) is 26.0 Å². The minimum Gasteiger partial charge on any atom is -0.368 e. The molecular formula is C15H17N3O3S. The van der Waals surface area contributed by atoms with Crippen molar-refractivity contribution in [3.63, 3.8) is 0 Å². The summed E-state index contributed by atoms with van der Waals surface area (Å²) in [5.41, 5.74) is 6.47. The Morgan fingerprint density at radius 1 is 1.41 bits per heavy atom. The number of nitrogens with zero attached hydrogens (tertiary/aromatic N) is 1. The molecule has 116 valence electrons. The quantitative estimate of drug-likeness (QED) is 0.792. The third kappa shape index (κ3) is 4.11. The average Bonchev–Trinajstić information content (AvgIpc) is 2.90. The number of thioether (sulfide) groups is 1. The number of rotatable bonds is 6. The van der Waals surface area contributed by atoms with Crippen LogP contribution in [0.4, 0.5) is 0 Å². The van der Waals surface area contributed by atoms with Crippen LogP contribution < -0.4 is 11.1 Å². The van der Waals surface area contributed by atoms with Crippen LogP contribution in [0.5, 0.6) is 0 Å². The summed E-state index contributed by atoms with van der Waals surface area (Å²) in [5, 5.41) is 6.40. The van der Waals surface area contributed by atoms with Crippen LogP contribution in [0.25, 0.3) is 0 Å². The van der Waals surface area contributed by atoms with E-state index >= 15 is 0 Å². The molecule has 1 aromatic carbocycles. The Morgan fingerprint density at radius 2 is 2.14 bits per heavy atom. The van der Waals surface area contributed by atoms with Crippen LogP contribution in [0.15, 0.2) is 39.8 Å². The molecule has 2 amide bonds. The lowest BCUT2D eigenvalue weighted by molar-refractivity contribution is -0.119. The van der Waals surface area contributed by atoms with Crippen molar-refractivity contribution in [2.45, 2.75) is 30.5 Å². The summed E-state index contributed by atoms with van der Waals surface area (Å²) in [7, 11) is 0. The number of benzene rings is 1. The molecule has 2 rings (SSSR count). The van der Waals surface area contributed by atoms with Crippen molar-refractivity contribution in [3.05, 3.63) is 47.3 Å². The largest absolute Gasteiger partial charge is 0.368 e. The van der Waals surface area contributed by atoms with E-state index in [-0.39, 0.29) is 5.91 Å². The highest BCUT2D eigenvalue weighted by Gasteiger charge is 2.16. The van der Waals surface area contributed by atoms with Crippen molar-refractivity contribution in [2.75, 3.05) is 0 Å². The number of aryl methyl sites for hydroxylation is 1. The number of aromatic nitrogens is 1. The first-order chi connectivity index (χ1) is 10.5. The van der Waals surface area contributed by atoms with Crippen molar-refractivity contribution >= 4 is 23.6 Å². The SMILES string of the molecule is Cc1cc(CSc2ccccc2C(=O)NC(C)C(N)=O)on1. The first-order valence-electron chi connectivity index (χ1n) is 6.71. The molecule has 0 aliphatic rings. The summed E-state index contributed by atoms with van der Waals surface area (Å²) in [6.45, 7) is 3.40. The van der Waals surface area contributed by atoms with Gasteiger partial charge >= 0.3 is 0 Å². The molecule has 1 aromatic heterocycles. The fourth-order valence-corrected chi connectivity index (χ4v) is 2.68. The maximum atomic E-state index is 12.2. The maximum absolute atomic E-state index is 12.2. The van der Waals surface area contributed by atoms with Crippen LogP contribution in [-0.2, 0) is 10.5 Å². The van der Waals surface area contributed by atoms with E-state index in [1.807, 2.05) is 25.1 Å². The van der Waals surface area contributed by atoms with E-state index in [0.29, 0.717) is 11.3 Å². The Balaban J connectivity index is 2.09. The van der Waals surface area contributed by atoms with Crippen molar-refractivity contribution in [1.29, 1.82) is 0 Å². The van der Waals surface area contributed by atoms with Gasteiger partial charge in [0.2, 0.25) is 5.91 Å². The summed E-state index contributed by atoms with van der Waals surface area (Å²) in [5.74, 6) is 0.401. The summed E-state index contributed by atoms with van der Waals surface area (Å²) in [6, 6.07) is 8.30. The Kier molecular flexibility index (Phi) is 5.21. The van der Waals surface area contributed by atoms with E-state index in [4.69, 9.17) is 10.3 Å². The van der Waals surface area contributed by atoms with Gasteiger partial charge in [-0.2, -0.15) is 0 Å². The molecule has 0 saturated carbocycles. The molecule has 6 nitrogen and oxygen atoms in total. The highest BCUT2D eigenvalue weighted by molar-refractivity contribution is 7.98. The van der Waals surface area contributed by atoms with Crippen LogP contribution in [0.1, 0.15) is 28.7 Å². The topological polar surface area (TPSA) is 98.2 Å². The third-order valence-corrected chi connectivity index (χ3v) is 4.05. The lowest BCUT2D eigenvalue weighted by Crippen LogP contribution is -2.42. The summed E-state index contributed by atoms with van der Waals surface area (Å²) < 4.78 is 5.15. The van der Waals surface area contributed by atoms with Crippen LogP contribution in [-0.4, -0.2) is 23.0 Å². The van der Waals surface area contributed by atoms with Gasteiger partial charge in [0.05, 0.1) is 17.0 Å². The number of amides is 2. The number of carbonyl (C=O) groups is 2. The van der Waals surface area contributed by atoms with Crippen LogP contribution >= 0.6 is 11.8 Å². The average molecular weight is 319 g/mol. The number of nitrogens with one attached hydrogen (secondary N) is 1. The Bertz CT molecular complexity index is 684. The first kappa shape index (κ1) is 16.1. The van der Waals surface area contributed by atoms with Crippen molar-refractivity contribution in [3.8, 4) is 0 Å². The molecule has 1 heterocycles. The van der Waals surface area contributed by atoms with E-state index in [1.165, 1.54) is 11.8 Å². The van der Waals surface area contributed by atoms with Gasteiger partial charge in [0, 0.05) is 11.0 Å². The minimum absolute atomic E-state index is 0.330. The second kappa shape index (κ2) is 7.13. The molecule has 7 heteroatoms. The molecule has 3 N–H and O–H groups in total. The summed E-state index contributed by atoms with van der Waals surface area (Å²) in [6.07, 6.45) is 0. The molecule has 0 spiro atoms. The van der Waals surface area contributed by atoms with Gasteiger partial charge < -0.3 is 15.6 Å². The molecule has 0 saturated heterocycles. The molecule has 0 aliphatic carbocycles. The number of primary amides is 1. The minimum atomic E-state index is -0.720. The second-order valence-electron chi connectivity index (χ2n) is 4.82. The molecule has 22 heavy (non-hydrogen) atoms. The molecule has 1 atom stereocenters. The lowest BCUT2D eigenvalue weighted by Gasteiger charge is -2.12. The molecule has 0 radical (unpaired) electrons. The van der Waals surface area contributed by atoms with Crippen molar-refractivity contribution < 1.29 is 14.1 Å². The molecule has 0 bridgehead atoms. The molecular weight excluding hydrogens is 302 g/mol. The van der Waals surface area contributed by atoms with Crippen molar-refractivity contribution in [2.24, 2.45) is 5.73 Å². The predicted octanol–water partition coefficient (Wildman–Crippen LogP) is 1.88. The number of hydrogen-bond acceptors (Lipinski definition) is 5. The van der Waals surface area contributed by atoms with Gasteiger partial charge in [0.25, 0.3) is 5.91 Å². The number of hydrogen-bond donors (Lipinski definition) is 2. The molecule has 0 fully saturated rings. The monoisotopic (exact) mass is 319 g/mol. The third-order valence-electron chi connectivity index (χ3n) is 2.95. The van der Waals surface area contributed by atoms with Gasteiger partial charge in [0.15, 0.2) is 0 Å². The highest BCUT2D eigenvalue weighted by Crippen LogP contribution is 2.26. The van der Waals surface area contributed by atoms with Gasteiger partial charge in [0.1, 0.15) is 11.8 Å². The molecule has 2 aromatic rings. The van der Waals surface area contributed by atoms with E-state index in [2.05, 4.69) is 10.5 Å². The zero-order valence-corrected chi connectivity index (χ0v) is 13.1. The second-order valence-corrected chi connectivity index (χ2v) is 5.83. The number of carbonyl (C=O) groups excluding carboxylic acids is 2. The standard InChI is InChI=1S/C15H17N3O3S/c1-9-7-11(21-18-9)8-22-13-6-4-3-5-12(13)15(20)17-10(2)14(16)19/h3-7,10H,8H2,1-2H3,(H2,16,19)(H,17,20). The van der Waals surface area contributed by atoms with Gasteiger partial charge in [-0.25, -0.2) is 0 Å². The first-order valence-corrected chi connectivity index (χ1v) is 7.70. The Labute approximate surface area is 132 Å². The van der Waals surface area contributed by atoms with Gasteiger partial charge in [-0.1, -0.05) is 17.3 Å². The van der Waals surface area contributed by atoms with Crippen LogP contribution in [0.2, 0.25) is 0 Å². The summed E-state index contributed by atoms with van der Waals surface area (Å²) in [4.78, 5) is 24.1. The van der Waals surface area contributed by atoms with Crippen molar-refractivity contribution in [1.82, 2.24) is 10.5 Å². The van der Waals surface area contributed by atoms with E-state index in [9.17, 15) is 9.59 Å². The van der Waals surface area contributed by atoms with Gasteiger partial charge in [-0.15, -0.1) is 11.8 Å². The van der Waals surface area contributed by atoms with Crippen LogP contribution in [0.3, 0.4) is 0 Å². The molecule has 0 aliphatic heterocycles. The van der Waals surface area contributed by atoms with E-state index in [1.54, 1.807) is 19.1 Å². The smallest absolute Gasteiger partial charge is 0.253 e. The fourth-order valence-electron chi connectivity index (χ4n) is 1.76. The Hall–Kier alpha value is -2.28. The molecule has 1 unspecified atom stereocenters. The van der Waals surface area contributed by atoms with Gasteiger partial charge in [-0.3, -0.25) is 9.59 Å². The lowest BCUT2D eigenvalue weighted by atomic mass is 10.2. The van der Waals surface area contributed by atoms with Crippen LogP contribution in [0, 0.1) is 6.92 Å². The Morgan fingerprint density at radius 3 is 2.77 bits per heavy atom. The zero-order valence-electron chi connectivity index (χ0n) is 12.3. The van der Waals surface area contributed by atoms with E-state index in [0.717, 1.165) is 16.3 Å². The zero-order chi connectivity index (χ0) is 16.1. The summed E-state index contributed by atoms with van der Waals surface area (Å²) >= 11 is 1.47. The number of nitrogens with two attached hydrogens (primary N) is 1. The highest BCUT2D eigenvalue weighted by atomic mass is 32.2. The predicted molar refractivity (Wildman–Crippen MR) is 83.4 cm³/mol. The maximum Gasteiger partial charge on any atom is 0.253 e. The normalized spacial score (nSPS) is 11.9. The fraction of sp³-hybridized carbons (Fsp3) is 0.267. The van der Waals surface area contributed by atoms with E-state index < -0.39 is 11.9 Å².